The summed E-state index contributed by atoms with van der Waals surface area (Å²) in [6.45, 7) is 12.9. The van der Waals surface area contributed by atoms with Crippen LogP contribution in [0, 0.1) is 6.92 Å². The second-order valence-corrected chi connectivity index (χ2v) is 7.63. The van der Waals surface area contributed by atoms with Crippen molar-refractivity contribution < 1.29 is 0 Å². The normalized spacial score (nSPS) is 20.6. The maximum atomic E-state index is 5.07. The Bertz CT molecular complexity index is 711. The number of aromatic nitrogens is 3. The van der Waals surface area contributed by atoms with Crippen molar-refractivity contribution in [3.63, 3.8) is 0 Å². The number of pyridine rings is 1. The third-order valence-corrected chi connectivity index (χ3v) is 5.80. The van der Waals surface area contributed by atoms with E-state index in [9.17, 15) is 0 Å². The van der Waals surface area contributed by atoms with Gasteiger partial charge in [0.1, 0.15) is 11.3 Å². The minimum Gasteiger partial charge on any atom is -0.312 e. The molecule has 0 radical (unpaired) electrons. The third-order valence-electron chi connectivity index (χ3n) is 5.00. The van der Waals surface area contributed by atoms with Crippen molar-refractivity contribution in [3.05, 3.63) is 22.1 Å². The largest absolute Gasteiger partial charge is 0.312 e. The summed E-state index contributed by atoms with van der Waals surface area (Å²) in [6, 6.07) is 0.901. The number of aryl methyl sites for hydroxylation is 2. The van der Waals surface area contributed by atoms with Gasteiger partial charge in [0.2, 0.25) is 0 Å². The summed E-state index contributed by atoms with van der Waals surface area (Å²) < 4.78 is 3.34. The molecule has 0 bridgehead atoms. The molecule has 2 atom stereocenters. The van der Waals surface area contributed by atoms with Crippen LogP contribution in [0.15, 0.2) is 10.7 Å². The van der Waals surface area contributed by atoms with Gasteiger partial charge in [0.05, 0.1) is 6.04 Å². The summed E-state index contributed by atoms with van der Waals surface area (Å²) in [6.07, 6.45) is 4.19. The molecule has 0 unspecified atom stereocenters. The first kappa shape index (κ1) is 17.8. The van der Waals surface area contributed by atoms with Gasteiger partial charge in [0, 0.05) is 42.9 Å². The summed E-state index contributed by atoms with van der Waals surface area (Å²) in [5.41, 5.74) is 3.22. The minimum atomic E-state index is 0.367. The molecular weight excluding hydrogens is 366 g/mol. The molecule has 0 aromatic carbocycles. The van der Waals surface area contributed by atoms with Crippen LogP contribution in [0.5, 0.6) is 0 Å². The molecule has 1 aliphatic heterocycles. The Morgan fingerprint density at radius 1 is 1.42 bits per heavy atom. The molecule has 5 nitrogen and oxygen atoms in total. The van der Waals surface area contributed by atoms with Gasteiger partial charge >= 0.3 is 0 Å². The van der Waals surface area contributed by atoms with Gasteiger partial charge in [-0.2, -0.15) is 0 Å². The molecule has 2 aromatic rings. The van der Waals surface area contributed by atoms with E-state index in [0.29, 0.717) is 12.1 Å². The quantitative estimate of drug-likeness (QED) is 0.841. The molecule has 1 fully saturated rings. The van der Waals surface area contributed by atoms with Crippen molar-refractivity contribution in [3.8, 4) is 0 Å². The fourth-order valence-electron chi connectivity index (χ4n) is 3.73. The van der Waals surface area contributed by atoms with Crippen molar-refractivity contribution in [2.75, 3.05) is 19.6 Å². The Hall–Kier alpha value is -0.980. The standard InChI is InChI=1S/C18H28BrN5/c1-5-7-15(23-9-8-20-12(3)11-23)17-22-16-13(4)14(19)10-21-18(16)24(17)6-2/h10,12,15,20H,5-9,11H2,1-4H3/t12-,15-/m0/s1. The van der Waals surface area contributed by atoms with Gasteiger partial charge in [0.15, 0.2) is 5.65 Å². The summed E-state index contributed by atoms with van der Waals surface area (Å²) in [4.78, 5) is 12.3. The van der Waals surface area contributed by atoms with Crippen LogP contribution in [-0.4, -0.2) is 45.1 Å². The van der Waals surface area contributed by atoms with E-state index in [-0.39, 0.29) is 0 Å². The molecule has 0 amide bonds. The minimum absolute atomic E-state index is 0.367. The number of fused-ring (bicyclic) bond motifs is 1. The molecule has 0 spiro atoms. The zero-order valence-corrected chi connectivity index (χ0v) is 16.7. The summed E-state index contributed by atoms with van der Waals surface area (Å²) in [7, 11) is 0. The number of halogens is 1. The molecule has 3 rings (SSSR count). The van der Waals surface area contributed by atoms with Crippen molar-refractivity contribution in [2.24, 2.45) is 0 Å². The first-order valence-electron chi connectivity index (χ1n) is 9.05. The maximum absolute atomic E-state index is 5.07. The first-order valence-corrected chi connectivity index (χ1v) is 9.84. The lowest BCUT2D eigenvalue weighted by Gasteiger charge is -2.37. The van der Waals surface area contributed by atoms with E-state index in [1.807, 2.05) is 6.20 Å². The predicted octanol–water partition coefficient (Wildman–Crippen LogP) is 3.66. The fourth-order valence-corrected chi connectivity index (χ4v) is 4.02. The van der Waals surface area contributed by atoms with Gasteiger partial charge in [-0.1, -0.05) is 13.3 Å². The van der Waals surface area contributed by atoms with Crippen molar-refractivity contribution in [2.45, 2.75) is 59.2 Å². The van der Waals surface area contributed by atoms with Crippen LogP contribution >= 0.6 is 15.9 Å². The topological polar surface area (TPSA) is 46.0 Å². The van der Waals surface area contributed by atoms with Gasteiger partial charge in [0.25, 0.3) is 0 Å². The Morgan fingerprint density at radius 3 is 2.88 bits per heavy atom. The number of piperazine rings is 1. The van der Waals surface area contributed by atoms with E-state index in [1.165, 1.54) is 11.4 Å². The van der Waals surface area contributed by atoms with Gasteiger partial charge < -0.3 is 9.88 Å². The molecule has 24 heavy (non-hydrogen) atoms. The van der Waals surface area contributed by atoms with Crippen LogP contribution in [0.4, 0.5) is 0 Å². The SMILES string of the molecule is CCC[C@@H](c1nc2c(C)c(Br)cnc2n1CC)N1CCN[C@@H](C)C1. The van der Waals surface area contributed by atoms with E-state index in [2.05, 4.69) is 63.4 Å². The van der Waals surface area contributed by atoms with E-state index >= 15 is 0 Å². The third kappa shape index (κ3) is 3.24. The zero-order valence-electron chi connectivity index (χ0n) is 15.1. The monoisotopic (exact) mass is 393 g/mol. The Balaban J connectivity index is 2.08. The number of hydrogen-bond donors (Lipinski definition) is 1. The second kappa shape index (κ2) is 7.50. The lowest BCUT2D eigenvalue weighted by molar-refractivity contribution is 0.133. The molecular formula is C18H28BrN5. The molecule has 132 valence electrons. The molecule has 3 heterocycles. The maximum Gasteiger partial charge on any atom is 0.160 e. The van der Waals surface area contributed by atoms with Crippen LogP contribution in [0.1, 0.15) is 51.0 Å². The average molecular weight is 394 g/mol. The molecule has 0 saturated carbocycles. The molecule has 1 aliphatic rings. The summed E-state index contributed by atoms with van der Waals surface area (Å²) in [5, 5.41) is 3.54. The van der Waals surface area contributed by atoms with Crippen LogP contribution in [0.25, 0.3) is 11.2 Å². The van der Waals surface area contributed by atoms with E-state index in [1.54, 1.807) is 0 Å². The summed E-state index contributed by atoms with van der Waals surface area (Å²) in [5.74, 6) is 1.18. The highest BCUT2D eigenvalue weighted by atomic mass is 79.9. The highest BCUT2D eigenvalue weighted by Crippen LogP contribution is 2.31. The Morgan fingerprint density at radius 2 is 2.21 bits per heavy atom. The predicted molar refractivity (Wildman–Crippen MR) is 102 cm³/mol. The van der Waals surface area contributed by atoms with E-state index < -0.39 is 0 Å². The zero-order chi connectivity index (χ0) is 17.3. The highest BCUT2D eigenvalue weighted by Gasteiger charge is 2.29. The van der Waals surface area contributed by atoms with Crippen LogP contribution < -0.4 is 5.32 Å². The molecule has 1 saturated heterocycles. The van der Waals surface area contributed by atoms with E-state index in [0.717, 1.165) is 54.7 Å². The van der Waals surface area contributed by atoms with Gasteiger partial charge in [-0.15, -0.1) is 0 Å². The molecule has 2 aromatic heterocycles. The molecule has 6 heteroatoms. The summed E-state index contributed by atoms with van der Waals surface area (Å²) >= 11 is 3.59. The Labute approximate surface area is 153 Å². The number of nitrogens with one attached hydrogen (secondary N) is 1. The average Bonchev–Trinajstić information content (AvgIpc) is 2.95. The van der Waals surface area contributed by atoms with Crippen LogP contribution in [-0.2, 0) is 6.54 Å². The fraction of sp³-hybridized carbons (Fsp3) is 0.667. The lowest BCUT2D eigenvalue weighted by atomic mass is 10.1. The molecule has 0 aliphatic carbocycles. The van der Waals surface area contributed by atoms with Gasteiger partial charge in [-0.3, -0.25) is 4.90 Å². The second-order valence-electron chi connectivity index (χ2n) is 6.77. The van der Waals surface area contributed by atoms with Crippen molar-refractivity contribution in [1.82, 2.24) is 24.8 Å². The number of hydrogen-bond acceptors (Lipinski definition) is 4. The van der Waals surface area contributed by atoms with Crippen LogP contribution in [0.2, 0.25) is 0 Å². The highest BCUT2D eigenvalue weighted by molar-refractivity contribution is 9.10. The van der Waals surface area contributed by atoms with Crippen LogP contribution in [0.3, 0.4) is 0 Å². The van der Waals surface area contributed by atoms with Gasteiger partial charge in [-0.05, 0) is 48.7 Å². The van der Waals surface area contributed by atoms with Crippen molar-refractivity contribution >= 4 is 27.1 Å². The molecule has 1 N–H and O–H groups in total. The number of imidazole rings is 1. The van der Waals surface area contributed by atoms with Crippen molar-refractivity contribution in [1.29, 1.82) is 0 Å². The number of rotatable bonds is 5. The van der Waals surface area contributed by atoms with E-state index in [4.69, 9.17) is 4.98 Å². The van der Waals surface area contributed by atoms with Gasteiger partial charge in [-0.25, -0.2) is 9.97 Å². The smallest absolute Gasteiger partial charge is 0.160 e. The number of nitrogens with zero attached hydrogens (tertiary/aromatic N) is 4. The lowest BCUT2D eigenvalue weighted by Crippen LogP contribution is -2.50. The first-order chi connectivity index (χ1) is 11.6. The Kier molecular flexibility index (Phi) is 5.57.